The second kappa shape index (κ2) is 8.71. The van der Waals surface area contributed by atoms with Gasteiger partial charge in [0.2, 0.25) is 5.91 Å². The van der Waals surface area contributed by atoms with E-state index in [2.05, 4.69) is 4.98 Å². The highest BCUT2D eigenvalue weighted by atomic mass is 32.2. The molecule has 1 aliphatic heterocycles. The van der Waals surface area contributed by atoms with Crippen LogP contribution in [-0.4, -0.2) is 45.8 Å². The first-order valence-electron chi connectivity index (χ1n) is 9.33. The van der Waals surface area contributed by atoms with Gasteiger partial charge >= 0.3 is 0 Å². The number of ether oxygens (including phenoxy) is 1. The van der Waals surface area contributed by atoms with Crippen LogP contribution in [0.1, 0.15) is 35.6 Å². The molecule has 0 aliphatic carbocycles. The minimum absolute atomic E-state index is 0.0204. The fourth-order valence-corrected chi connectivity index (χ4v) is 4.82. The van der Waals surface area contributed by atoms with Gasteiger partial charge in [-0.25, -0.2) is 13.4 Å². The van der Waals surface area contributed by atoms with Crippen LogP contribution in [0.2, 0.25) is 0 Å². The minimum Gasteiger partial charge on any atom is -0.381 e. The molecule has 1 unspecified atom stereocenters. The zero-order valence-electron chi connectivity index (χ0n) is 16.4. The zero-order valence-corrected chi connectivity index (χ0v) is 18.1. The molecule has 1 fully saturated rings. The molecule has 2 aromatic rings. The third-order valence-electron chi connectivity index (χ3n) is 5.15. The normalized spacial score (nSPS) is 16.7. The Morgan fingerprint density at radius 3 is 2.46 bits per heavy atom. The summed E-state index contributed by atoms with van der Waals surface area (Å²) in [5.74, 6) is 0.0441. The lowest BCUT2D eigenvalue weighted by molar-refractivity contribution is -0.120. The number of anilines is 1. The number of hydrogen-bond acceptors (Lipinski definition) is 6. The monoisotopic (exact) mass is 422 g/mol. The van der Waals surface area contributed by atoms with Crippen molar-refractivity contribution in [2.24, 2.45) is 5.92 Å². The van der Waals surface area contributed by atoms with Crippen molar-refractivity contribution in [2.75, 3.05) is 31.4 Å². The van der Waals surface area contributed by atoms with Crippen molar-refractivity contribution < 1.29 is 17.9 Å². The molecule has 1 aliphatic rings. The summed E-state index contributed by atoms with van der Waals surface area (Å²) in [4.78, 5) is 20.6. The second-order valence-electron chi connectivity index (χ2n) is 7.34. The van der Waals surface area contributed by atoms with E-state index in [1.165, 1.54) is 17.6 Å². The van der Waals surface area contributed by atoms with Crippen LogP contribution in [-0.2, 0) is 19.4 Å². The largest absolute Gasteiger partial charge is 0.381 e. The summed E-state index contributed by atoms with van der Waals surface area (Å²) in [6, 6.07) is 6.70. The maximum Gasteiger partial charge on any atom is 0.236 e. The second-order valence-corrected chi connectivity index (χ2v) is 10.6. The van der Waals surface area contributed by atoms with E-state index >= 15 is 0 Å². The summed E-state index contributed by atoms with van der Waals surface area (Å²) < 4.78 is 29.0. The van der Waals surface area contributed by atoms with Crippen molar-refractivity contribution in [3.63, 3.8) is 0 Å². The first-order chi connectivity index (χ1) is 13.3. The number of rotatable bonds is 6. The number of benzene rings is 1. The first kappa shape index (κ1) is 21.0. The van der Waals surface area contributed by atoms with Gasteiger partial charge in [-0.3, -0.25) is 9.69 Å². The molecule has 1 aromatic heterocycles. The number of sulfone groups is 1. The van der Waals surface area contributed by atoms with Crippen LogP contribution in [0.15, 0.2) is 35.4 Å². The van der Waals surface area contributed by atoms with Crippen molar-refractivity contribution in [3.8, 4) is 0 Å². The Balaban J connectivity index is 1.88. The Labute approximate surface area is 170 Å². The van der Waals surface area contributed by atoms with Crippen LogP contribution >= 0.6 is 11.3 Å². The van der Waals surface area contributed by atoms with Gasteiger partial charge in [0.1, 0.15) is 0 Å². The van der Waals surface area contributed by atoms with E-state index in [0.717, 1.165) is 42.9 Å². The average molecular weight is 423 g/mol. The highest BCUT2D eigenvalue weighted by Crippen LogP contribution is 2.33. The topological polar surface area (TPSA) is 76.6 Å². The van der Waals surface area contributed by atoms with Crippen molar-refractivity contribution in [1.82, 2.24) is 4.98 Å². The van der Waals surface area contributed by atoms with E-state index < -0.39 is 9.84 Å². The van der Waals surface area contributed by atoms with Crippen molar-refractivity contribution in [2.45, 2.75) is 37.0 Å². The molecule has 3 rings (SSSR count). The zero-order chi connectivity index (χ0) is 20.3. The molecule has 2 heterocycles. The molecule has 0 bridgehead atoms. The van der Waals surface area contributed by atoms with E-state index in [0.29, 0.717) is 11.0 Å². The fraction of sp³-hybridized carbons (Fsp3) is 0.500. The molecule has 0 spiro atoms. The number of amides is 1. The van der Waals surface area contributed by atoms with Gasteiger partial charge < -0.3 is 4.74 Å². The highest BCUT2D eigenvalue weighted by Gasteiger charge is 2.30. The molecule has 152 valence electrons. The number of thiazole rings is 1. The molecule has 8 heteroatoms. The van der Waals surface area contributed by atoms with Crippen LogP contribution in [0.25, 0.3) is 0 Å². The molecular weight excluding hydrogens is 396 g/mol. The lowest BCUT2D eigenvalue weighted by atomic mass is 9.84. The Morgan fingerprint density at radius 1 is 1.29 bits per heavy atom. The number of aryl methyl sites for hydroxylation is 1. The SMILES string of the molecule is Cc1cnc(N(C)C(=O)C(CC2CCOCC2)c2ccc(S(C)(=O)=O)cc2)s1. The van der Waals surface area contributed by atoms with E-state index in [9.17, 15) is 13.2 Å². The predicted molar refractivity (Wildman–Crippen MR) is 111 cm³/mol. The average Bonchev–Trinajstić information content (AvgIpc) is 3.11. The van der Waals surface area contributed by atoms with Crippen molar-refractivity contribution in [3.05, 3.63) is 40.9 Å². The van der Waals surface area contributed by atoms with Crippen LogP contribution in [0.3, 0.4) is 0 Å². The maximum absolute atomic E-state index is 13.4. The molecule has 0 saturated carbocycles. The predicted octanol–water partition coefficient (Wildman–Crippen LogP) is 3.42. The Bertz CT molecular complexity index is 916. The molecule has 1 aromatic carbocycles. The van der Waals surface area contributed by atoms with Gasteiger partial charge in [0, 0.05) is 37.6 Å². The van der Waals surface area contributed by atoms with E-state index in [4.69, 9.17) is 4.74 Å². The number of aromatic nitrogens is 1. The van der Waals surface area contributed by atoms with Crippen molar-refractivity contribution in [1.29, 1.82) is 0 Å². The summed E-state index contributed by atoms with van der Waals surface area (Å²) in [6.07, 6.45) is 5.54. The lowest BCUT2D eigenvalue weighted by Crippen LogP contribution is -2.33. The van der Waals surface area contributed by atoms with Crippen LogP contribution in [0.4, 0.5) is 5.13 Å². The number of carbonyl (C=O) groups is 1. The third kappa shape index (κ3) is 4.98. The molecule has 1 amide bonds. The van der Waals surface area contributed by atoms with Crippen LogP contribution in [0.5, 0.6) is 0 Å². The number of nitrogens with zero attached hydrogens (tertiary/aromatic N) is 2. The Hall–Kier alpha value is -1.77. The van der Waals surface area contributed by atoms with Gasteiger partial charge in [0.05, 0.1) is 10.8 Å². The number of likely N-dealkylation sites (N-methyl/N-ethyl adjacent to an activating group) is 1. The Morgan fingerprint density at radius 2 is 1.93 bits per heavy atom. The van der Waals surface area contributed by atoms with E-state index in [-0.39, 0.29) is 16.7 Å². The molecule has 1 atom stereocenters. The van der Waals surface area contributed by atoms with Gasteiger partial charge in [-0.05, 0) is 49.8 Å². The summed E-state index contributed by atoms with van der Waals surface area (Å²) in [6.45, 7) is 3.41. The summed E-state index contributed by atoms with van der Waals surface area (Å²) in [5, 5.41) is 0.673. The fourth-order valence-electron chi connectivity index (χ4n) is 3.47. The molecule has 0 radical (unpaired) electrons. The molecule has 28 heavy (non-hydrogen) atoms. The first-order valence-corrected chi connectivity index (χ1v) is 12.0. The number of hydrogen-bond donors (Lipinski definition) is 0. The maximum atomic E-state index is 13.4. The quantitative estimate of drug-likeness (QED) is 0.713. The van der Waals surface area contributed by atoms with Crippen LogP contribution in [0, 0.1) is 12.8 Å². The molecule has 0 N–H and O–H groups in total. The molecule has 6 nitrogen and oxygen atoms in total. The van der Waals surface area contributed by atoms with Gasteiger partial charge in [0.25, 0.3) is 0 Å². The summed E-state index contributed by atoms with van der Waals surface area (Å²) in [7, 11) is -1.52. The smallest absolute Gasteiger partial charge is 0.236 e. The van der Waals surface area contributed by atoms with Gasteiger partial charge in [-0.1, -0.05) is 12.1 Å². The summed E-state index contributed by atoms with van der Waals surface area (Å²) >= 11 is 1.48. The Kier molecular flexibility index (Phi) is 6.52. The van der Waals surface area contributed by atoms with Gasteiger partial charge in [0.15, 0.2) is 15.0 Å². The number of carbonyl (C=O) groups excluding carboxylic acids is 1. The van der Waals surface area contributed by atoms with Gasteiger partial charge in [-0.2, -0.15) is 0 Å². The van der Waals surface area contributed by atoms with E-state index in [1.807, 2.05) is 6.92 Å². The lowest BCUT2D eigenvalue weighted by Gasteiger charge is -2.28. The standard InChI is InChI=1S/C20H26N2O4S2/c1-14-13-21-20(27-14)22(2)19(23)18(12-15-8-10-26-11-9-15)16-4-6-17(7-5-16)28(3,24)25/h4-7,13,15,18H,8-12H2,1-3H3. The minimum atomic E-state index is -3.27. The van der Waals surface area contributed by atoms with Crippen molar-refractivity contribution >= 4 is 32.2 Å². The highest BCUT2D eigenvalue weighted by molar-refractivity contribution is 7.90. The van der Waals surface area contributed by atoms with Gasteiger partial charge in [-0.15, -0.1) is 11.3 Å². The third-order valence-corrected chi connectivity index (χ3v) is 7.26. The molecular formula is C20H26N2O4S2. The summed E-state index contributed by atoms with van der Waals surface area (Å²) in [5.41, 5.74) is 0.837. The van der Waals surface area contributed by atoms with E-state index in [1.54, 1.807) is 42.4 Å². The molecule has 1 saturated heterocycles. The van der Waals surface area contributed by atoms with Crippen LogP contribution < -0.4 is 4.90 Å².